The number of fused-ring (bicyclic) bond motifs is 1. The fraction of sp³-hybridized carbons (Fsp3) is 0.444. The van der Waals surface area contributed by atoms with Crippen LogP contribution in [0.5, 0.6) is 0 Å². The zero-order valence-electron chi connectivity index (χ0n) is 14.5. The zero-order valence-corrected chi connectivity index (χ0v) is 15.3. The van der Waals surface area contributed by atoms with E-state index in [4.69, 9.17) is 0 Å². The molecule has 0 saturated carbocycles. The van der Waals surface area contributed by atoms with Crippen LogP contribution in [0.4, 0.5) is 0 Å². The van der Waals surface area contributed by atoms with Crippen LogP contribution in [0.3, 0.4) is 0 Å². The van der Waals surface area contributed by atoms with Crippen LogP contribution in [0, 0.1) is 0 Å². The van der Waals surface area contributed by atoms with E-state index in [1.165, 1.54) is 6.07 Å². The molecule has 8 nitrogen and oxygen atoms in total. The van der Waals surface area contributed by atoms with Crippen molar-refractivity contribution in [3.63, 3.8) is 0 Å². The summed E-state index contributed by atoms with van der Waals surface area (Å²) in [5, 5.41) is 16.2. The van der Waals surface area contributed by atoms with Crippen LogP contribution in [0.2, 0.25) is 0 Å². The van der Waals surface area contributed by atoms with Gasteiger partial charge < -0.3 is 10.4 Å². The van der Waals surface area contributed by atoms with Gasteiger partial charge in [-0.3, -0.25) is 29.4 Å². The second-order valence-electron chi connectivity index (χ2n) is 6.99. The summed E-state index contributed by atoms with van der Waals surface area (Å²) in [7, 11) is 0. The van der Waals surface area contributed by atoms with E-state index in [9.17, 15) is 24.3 Å². The van der Waals surface area contributed by atoms with Crippen molar-refractivity contribution < 1.29 is 24.3 Å². The highest BCUT2D eigenvalue weighted by Gasteiger charge is 2.45. The third kappa shape index (κ3) is 3.13. The van der Waals surface area contributed by atoms with Crippen LogP contribution >= 0.6 is 12.4 Å². The van der Waals surface area contributed by atoms with Crippen LogP contribution in [0.15, 0.2) is 18.2 Å². The van der Waals surface area contributed by atoms with Crippen molar-refractivity contribution in [2.75, 3.05) is 13.1 Å². The van der Waals surface area contributed by atoms with Crippen LogP contribution in [0.25, 0.3) is 0 Å². The molecular weight excluding hydrogens is 374 g/mol. The van der Waals surface area contributed by atoms with Crippen molar-refractivity contribution in [2.24, 2.45) is 0 Å². The van der Waals surface area contributed by atoms with Gasteiger partial charge in [0.25, 0.3) is 11.8 Å². The molecule has 1 atom stereocenters. The molecule has 3 aliphatic heterocycles. The predicted octanol–water partition coefficient (Wildman–Crippen LogP) is 0.0806. The molecule has 0 spiro atoms. The average Bonchev–Trinajstić information content (AvgIpc) is 2.87. The number of piperidine rings is 2. The number of nitrogens with one attached hydrogen (secondary N) is 2. The van der Waals surface area contributed by atoms with Crippen molar-refractivity contribution >= 4 is 36.0 Å². The number of imide groups is 2. The molecule has 9 heteroatoms. The second-order valence-corrected chi connectivity index (χ2v) is 6.99. The minimum absolute atomic E-state index is 0. The first-order valence-corrected chi connectivity index (χ1v) is 8.70. The van der Waals surface area contributed by atoms with E-state index in [0.29, 0.717) is 31.5 Å². The lowest BCUT2D eigenvalue weighted by Crippen LogP contribution is -2.54. The quantitative estimate of drug-likeness (QED) is 0.613. The van der Waals surface area contributed by atoms with Gasteiger partial charge in [0.05, 0.1) is 16.7 Å². The molecule has 3 N–H and O–H groups in total. The maximum absolute atomic E-state index is 12.8. The monoisotopic (exact) mass is 393 g/mol. The summed E-state index contributed by atoms with van der Waals surface area (Å²) in [6.07, 6.45) is 1.25. The highest BCUT2D eigenvalue weighted by Crippen LogP contribution is 2.35. The second kappa shape index (κ2) is 7.03. The Balaban J connectivity index is 0.00000210. The molecule has 2 fully saturated rings. The number of amides is 4. The number of carbonyl (C=O) groups excluding carboxylic acids is 4. The molecule has 2 saturated heterocycles. The molecule has 3 aliphatic rings. The van der Waals surface area contributed by atoms with Crippen molar-refractivity contribution in [1.82, 2.24) is 15.5 Å². The van der Waals surface area contributed by atoms with Crippen LogP contribution in [-0.2, 0) is 15.2 Å². The summed E-state index contributed by atoms with van der Waals surface area (Å²) < 4.78 is 0. The zero-order chi connectivity index (χ0) is 18.5. The Labute approximate surface area is 161 Å². The van der Waals surface area contributed by atoms with Gasteiger partial charge in [0.15, 0.2) is 0 Å². The van der Waals surface area contributed by atoms with Gasteiger partial charge in [-0.25, -0.2) is 0 Å². The Hall–Kier alpha value is -2.29. The summed E-state index contributed by atoms with van der Waals surface area (Å²) in [5.41, 5.74) is -0.0137. The van der Waals surface area contributed by atoms with Crippen LogP contribution in [-0.4, -0.2) is 52.8 Å². The van der Waals surface area contributed by atoms with Crippen molar-refractivity contribution in [2.45, 2.75) is 37.3 Å². The smallest absolute Gasteiger partial charge is 0.262 e. The lowest BCUT2D eigenvalue weighted by molar-refractivity contribution is -0.136. The lowest BCUT2D eigenvalue weighted by atomic mass is 9.84. The minimum atomic E-state index is -1.04. The first-order chi connectivity index (χ1) is 12.4. The summed E-state index contributed by atoms with van der Waals surface area (Å²) in [6.45, 7) is 1.34. The van der Waals surface area contributed by atoms with Gasteiger partial charge in [-0.05, 0) is 50.0 Å². The fourth-order valence-electron chi connectivity index (χ4n) is 3.89. The van der Waals surface area contributed by atoms with E-state index in [1.54, 1.807) is 12.1 Å². The molecule has 4 amide bonds. The largest absolute Gasteiger partial charge is 0.385 e. The Morgan fingerprint density at radius 1 is 1.04 bits per heavy atom. The number of hydrogen-bond acceptors (Lipinski definition) is 6. The van der Waals surface area contributed by atoms with Gasteiger partial charge in [0.2, 0.25) is 11.8 Å². The Kier molecular flexibility index (Phi) is 5.07. The van der Waals surface area contributed by atoms with Gasteiger partial charge in [-0.15, -0.1) is 12.4 Å². The molecule has 1 unspecified atom stereocenters. The summed E-state index contributed by atoms with van der Waals surface area (Å²) in [5.74, 6) is -2.13. The SMILES string of the molecule is Cl.O=C1CCC(N2C(=O)c3ccc(C4(O)CCNCC4)cc3C2=O)C(=O)N1. The molecule has 4 rings (SSSR count). The number of carbonyl (C=O) groups is 4. The van der Waals surface area contributed by atoms with E-state index >= 15 is 0 Å². The molecule has 1 aromatic carbocycles. The molecule has 0 aliphatic carbocycles. The van der Waals surface area contributed by atoms with E-state index < -0.39 is 35.3 Å². The molecule has 0 radical (unpaired) electrons. The number of halogens is 1. The maximum atomic E-state index is 12.8. The van der Waals surface area contributed by atoms with Gasteiger partial charge in [-0.1, -0.05) is 6.07 Å². The maximum Gasteiger partial charge on any atom is 0.262 e. The van der Waals surface area contributed by atoms with E-state index in [1.807, 2.05) is 0 Å². The first kappa shape index (κ1) is 19.5. The van der Waals surface area contributed by atoms with Crippen molar-refractivity contribution in [1.29, 1.82) is 0 Å². The summed E-state index contributed by atoms with van der Waals surface area (Å²) >= 11 is 0. The number of rotatable bonds is 2. The molecular formula is C18H20ClN3O5. The summed E-state index contributed by atoms with van der Waals surface area (Å²) in [6, 6.07) is 3.79. The third-order valence-electron chi connectivity index (χ3n) is 5.41. The van der Waals surface area contributed by atoms with E-state index in [-0.39, 0.29) is 36.4 Å². The van der Waals surface area contributed by atoms with Gasteiger partial charge >= 0.3 is 0 Å². The highest BCUT2D eigenvalue weighted by molar-refractivity contribution is 6.23. The van der Waals surface area contributed by atoms with Crippen LogP contribution in [0.1, 0.15) is 52.0 Å². The first-order valence-electron chi connectivity index (χ1n) is 8.70. The fourth-order valence-corrected chi connectivity index (χ4v) is 3.89. The Morgan fingerprint density at radius 2 is 1.70 bits per heavy atom. The molecule has 1 aromatic rings. The lowest BCUT2D eigenvalue weighted by Gasteiger charge is -2.33. The van der Waals surface area contributed by atoms with E-state index in [2.05, 4.69) is 10.6 Å². The molecule has 3 heterocycles. The number of hydrogen-bond donors (Lipinski definition) is 3. The normalized spacial score (nSPS) is 24.3. The number of benzene rings is 1. The minimum Gasteiger partial charge on any atom is -0.385 e. The number of nitrogens with zero attached hydrogens (tertiary/aromatic N) is 1. The molecule has 27 heavy (non-hydrogen) atoms. The predicted molar refractivity (Wildman–Crippen MR) is 96.4 cm³/mol. The summed E-state index contributed by atoms with van der Waals surface area (Å²) in [4.78, 5) is 49.8. The van der Waals surface area contributed by atoms with Gasteiger partial charge in [0, 0.05) is 6.42 Å². The number of aliphatic hydroxyl groups is 1. The van der Waals surface area contributed by atoms with Crippen LogP contribution < -0.4 is 10.6 Å². The van der Waals surface area contributed by atoms with Crippen molar-refractivity contribution in [3.8, 4) is 0 Å². The standard InChI is InChI=1S/C18H19N3O5.ClH/c22-14-4-3-13(15(23)20-14)21-16(24)11-2-1-10(9-12(11)17(21)25)18(26)5-7-19-8-6-18;/h1-2,9,13,19,26H,3-8H2,(H,20,22,23);1H. The Bertz CT molecular complexity index is 834. The van der Waals surface area contributed by atoms with Crippen molar-refractivity contribution in [3.05, 3.63) is 34.9 Å². The Morgan fingerprint density at radius 3 is 2.37 bits per heavy atom. The van der Waals surface area contributed by atoms with Gasteiger partial charge in [0.1, 0.15) is 6.04 Å². The average molecular weight is 394 g/mol. The molecule has 0 bridgehead atoms. The van der Waals surface area contributed by atoms with E-state index in [0.717, 1.165) is 4.90 Å². The molecule has 0 aromatic heterocycles. The molecule has 144 valence electrons. The third-order valence-corrected chi connectivity index (χ3v) is 5.41. The topological polar surface area (TPSA) is 116 Å². The van der Waals surface area contributed by atoms with Gasteiger partial charge in [-0.2, -0.15) is 0 Å². The highest BCUT2D eigenvalue weighted by atomic mass is 35.5.